The first kappa shape index (κ1) is 31.7. The number of aromatic nitrogens is 1. The average molecular weight is 695 g/mol. The Morgan fingerprint density at radius 2 is 1.78 bits per heavy atom. The van der Waals surface area contributed by atoms with Crippen molar-refractivity contribution in [2.75, 3.05) is 20.8 Å². The second-order valence-electron chi connectivity index (χ2n) is 9.82. The molecule has 0 aliphatic carbocycles. The van der Waals surface area contributed by atoms with Crippen LogP contribution in [0.1, 0.15) is 36.6 Å². The Hall–Kier alpha value is -4.75. The van der Waals surface area contributed by atoms with Gasteiger partial charge in [-0.05, 0) is 88.9 Å². The van der Waals surface area contributed by atoms with Gasteiger partial charge in [0, 0.05) is 12.1 Å². The highest BCUT2D eigenvalue weighted by molar-refractivity contribution is 9.10. The highest BCUT2D eigenvalue weighted by Crippen LogP contribution is 2.35. The Balaban J connectivity index is 1.52. The molecule has 5 rings (SSSR count). The number of thiazole rings is 1. The van der Waals surface area contributed by atoms with Crippen molar-refractivity contribution < 1.29 is 28.7 Å². The number of hydrogen-bond acceptors (Lipinski definition) is 10. The van der Waals surface area contributed by atoms with Crippen molar-refractivity contribution in [3.8, 4) is 17.2 Å². The molecular formula is C32H28BrN3O8S. The van der Waals surface area contributed by atoms with Crippen LogP contribution in [0.2, 0.25) is 0 Å². The van der Waals surface area contributed by atoms with Gasteiger partial charge in [0.15, 0.2) is 16.3 Å². The van der Waals surface area contributed by atoms with Crippen molar-refractivity contribution >= 4 is 45.0 Å². The summed E-state index contributed by atoms with van der Waals surface area (Å²) < 4.78 is 24.8. The number of nitro groups is 1. The molecule has 0 N–H and O–H groups in total. The summed E-state index contributed by atoms with van der Waals surface area (Å²) in [7, 11) is 3.07. The van der Waals surface area contributed by atoms with Crippen molar-refractivity contribution in [3.63, 3.8) is 0 Å². The molecule has 232 valence electrons. The number of non-ortho nitro benzene ring substituents is 1. The average Bonchev–Trinajstić information content (AvgIpc) is 3.33. The maximum atomic E-state index is 14.0. The number of hydrogen-bond donors (Lipinski definition) is 0. The van der Waals surface area contributed by atoms with Crippen LogP contribution in [-0.4, -0.2) is 36.3 Å². The third kappa shape index (κ3) is 6.54. The zero-order valence-corrected chi connectivity index (χ0v) is 27.1. The van der Waals surface area contributed by atoms with Crippen molar-refractivity contribution in [3.05, 3.63) is 123 Å². The van der Waals surface area contributed by atoms with E-state index in [0.29, 0.717) is 47.9 Å². The molecule has 1 aliphatic rings. The number of benzene rings is 3. The molecule has 0 spiro atoms. The molecule has 13 heteroatoms. The molecule has 11 nitrogen and oxygen atoms in total. The molecular weight excluding hydrogens is 666 g/mol. The minimum atomic E-state index is -0.769. The lowest BCUT2D eigenvalue weighted by atomic mass is 9.96. The normalized spacial score (nSPS) is 14.4. The van der Waals surface area contributed by atoms with E-state index in [1.54, 1.807) is 63.4 Å². The number of carbonyl (C=O) groups excluding carboxylic acids is 1. The SMILES string of the molecule is CCOC(=O)C1=C(C)N=c2s/c(=C/c3ccc(OCc4ccc([N+](=O)[O-])cc4)c(OC)c3)c(=O)n2[C@@H]1c1ccc(OC)c(Br)c1. The van der Waals surface area contributed by atoms with E-state index in [1.807, 2.05) is 12.1 Å². The summed E-state index contributed by atoms with van der Waals surface area (Å²) in [6.45, 7) is 3.81. The van der Waals surface area contributed by atoms with Crippen LogP contribution in [0.25, 0.3) is 6.08 Å². The van der Waals surface area contributed by atoms with Gasteiger partial charge in [-0.3, -0.25) is 19.5 Å². The Morgan fingerprint density at radius 3 is 2.42 bits per heavy atom. The van der Waals surface area contributed by atoms with Gasteiger partial charge in [-0.15, -0.1) is 0 Å². The Kier molecular flexibility index (Phi) is 9.49. The first-order valence-electron chi connectivity index (χ1n) is 13.7. The van der Waals surface area contributed by atoms with Crippen LogP contribution >= 0.6 is 27.3 Å². The predicted molar refractivity (Wildman–Crippen MR) is 172 cm³/mol. The van der Waals surface area contributed by atoms with E-state index in [-0.39, 0.29) is 30.0 Å². The second-order valence-corrected chi connectivity index (χ2v) is 11.7. The number of nitrogens with zero attached hydrogens (tertiary/aromatic N) is 3. The molecule has 0 fully saturated rings. The van der Waals surface area contributed by atoms with Crippen molar-refractivity contribution in [2.45, 2.75) is 26.5 Å². The maximum Gasteiger partial charge on any atom is 0.338 e. The van der Waals surface area contributed by atoms with Gasteiger partial charge in [0.05, 0.1) is 52.1 Å². The van der Waals surface area contributed by atoms with E-state index in [0.717, 1.165) is 5.56 Å². The zero-order valence-electron chi connectivity index (χ0n) is 24.7. The van der Waals surface area contributed by atoms with Crippen molar-refractivity contribution in [1.82, 2.24) is 4.57 Å². The fourth-order valence-electron chi connectivity index (χ4n) is 4.88. The monoisotopic (exact) mass is 693 g/mol. The number of allylic oxidation sites excluding steroid dienone is 1. The fourth-order valence-corrected chi connectivity index (χ4v) is 6.48. The van der Waals surface area contributed by atoms with E-state index < -0.39 is 16.9 Å². The predicted octanol–water partition coefficient (Wildman–Crippen LogP) is 5.07. The number of esters is 1. The summed E-state index contributed by atoms with van der Waals surface area (Å²) in [6, 6.07) is 16.0. The van der Waals surface area contributed by atoms with Crippen LogP contribution in [-0.2, 0) is 16.1 Å². The lowest BCUT2D eigenvalue weighted by Gasteiger charge is -2.25. The number of carbonyl (C=O) groups is 1. The third-order valence-corrected chi connectivity index (χ3v) is 8.64. The molecule has 3 aromatic carbocycles. The van der Waals surface area contributed by atoms with Gasteiger partial charge in [-0.1, -0.05) is 23.5 Å². The molecule has 0 saturated heterocycles. The minimum absolute atomic E-state index is 0.00133. The number of rotatable bonds is 10. The smallest absolute Gasteiger partial charge is 0.338 e. The largest absolute Gasteiger partial charge is 0.496 e. The summed E-state index contributed by atoms with van der Waals surface area (Å²) in [5, 5.41) is 10.9. The molecule has 1 atom stereocenters. The summed E-state index contributed by atoms with van der Waals surface area (Å²) in [5.74, 6) is 0.978. The first-order valence-corrected chi connectivity index (χ1v) is 15.3. The molecule has 0 bridgehead atoms. The molecule has 0 unspecified atom stereocenters. The van der Waals surface area contributed by atoms with Crippen LogP contribution in [0.15, 0.2) is 86.2 Å². The van der Waals surface area contributed by atoms with E-state index in [4.69, 9.17) is 18.9 Å². The Morgan fingerprint density at radius 1 is 1.07 bits per heavy atom. The van der Waals surface area contributed by atoms with E-state index in [1.165, 1.54) is 35.1 Å². The molecule has 0 radical (unpaired) electrons. The summed E-state index contributed by atoms with van der Waals surface area (Å²) in [6.07, 6.45) is 1.73. The molecule has 1 aromatic heterocycles. The topological polar surface area (TPSA) is 131 Å². The zero-order chi connectivity index (χ0) is 32.2. The number of halogens is 1. The van der Waals surface area contributed by atoms with Crippen LogP contribution < -0.4 is 29.1 Å². The highest BCUT2D eigenvalue weighted by Gasteiger charge is 2.33. The van der Waals surface area contributed by atoms with E-state index in [9.17, 15) is 19.7 Å². The number of ether oxygens (including phenoxy) is 4. The van der Waals surface area contributed by atoms with Gasteiger partial charge in [0.25, 0.3) is 11.2 Å². The minimum Gasteiger partial charge on any atom is -0.496 e. The lowest BCUT2D eigenvalue weighted by molar-refractivity contribution is -0.384. The standard InChI is InChI=1S/C32H28BrN3O8S/c1-5-43-31(38)28-18(2)34-32-35(29(28)21-9-13-24(41-3)23(33)16-21)30(37)27(45-32)15-20-8-12-25(26(14-20)42-4)44-17-19-6-10-22(11-7-19)36(39)40/h6-16,29H,5,17H2,1-4H3/b27-15+/t29-/m1/s1. The van der Waals surface area contributed by atoms with Crippen LogP contribution in [0.4, 0.5) is 5.69 Å². The van der Waals surface area contributed by atoms with Crippen molar-refractivity contribution in [2.24, 2.45) is 4.99 Å². The van der Waals surface area contributed by atoms with Crippen LogP contribution in [0.5, 0.6) is 17.2 Å². The van der Waals surface area contributed by atoms with E-state index >= 15 is 0 Å². The molecule has 4 aromatic rings. The lowest BCUT2D eigenvalue weighted by Crippen LogP contribution is -2.39. The van der Waals surface area contributed by atoms with Crippen LogP contribution in [0, 0.1) is 10.1 Å². The maximum absolute atomic E-state index is 14.0. The van der Waals surface area contributed by atoms with Gasteiger partial charge in [0.1, 0.15) is 12.4 Å². The summed E-state index contributed by atoms with van der Waals surface area (Å²) >= 11 is 4.73. The fraction of sp³-hybridized carbons (Fsp3) is 0.219. The number of nitro benzene ring substituents is 1. The van der Waals surface area contributed by atoms with Gasteiger partial charge >= 0.3 is 5.97 Å². The molecule has 0 saturated carbocycles. The van der Waals surface area contributed by atoms with Gasteiger partial charge in [-0.2, -0.15) is 0 Å². The molecule has 0 amide bonds. The second kappa shape index (κ2) is 13.5. The summed E-state index contributed by atoms with van der Waals surface area (Å²) in [5.41, 5.74) is 2.56. The first-order chi connectivity index (χ1) is 21.6. The van der Waals surface area contributed by atoms with Gasteiger partial charge in [-0.25, -0.2) is 9.79 Å². The molecule has 45 heavy (non-hydrogen) atoms. The third-order valence-electron chi connectivity index (χ3n) is 7.04. The Bertz CT molecular complexity index is 2000. The van der Waals surface area contributed by atoms with Gasteiger partial charge in [0.2, 0.25) is 0 Å². The highest BCUT2D eigenvalue weighted by atomic mass is 79.9. The molecule has 2 heterocycles. The molecule has 1 aliphatic heterocycles. The quantitative estimate of drug-likeness (QED) is 0.128. The number of methoxy groups -OCH3 is 2. The Labute approximate surface area is 269 Å². The van der Waals surface area contributed by atoms with Gasteiger partial charge < -0.3 is 18.9 Å². The van der Waals surface area contributed by atoms with E-state index in [2.05, 4.69) is 20.9 Å². The van der Waals surface area contributed by atoms with Crippen molar-refractivity contribution in [1.29, 1.82) is 0 Å². The summed E-state index contributed by atoms with van der Waals surface area (Å²) in [4.78, 5) is 42.6. The van der Waals surface area contributed by atoms with Crippen LogP contribution in [0.3, 0.4) is 0 Å². The number of fused-ring (bicyclic) bond motifs is 1.